The van der Waals surface area contributed by atoms with Crippen LogP contribution in [0.15, 0.2) is 6.08 Å². The van der Waals surface area contributed by atoms with Gasteiger partial charge in [-0.25, -0.2) is 0 Å². The van der Waals surface area contributed by atoms with Crippen LogP contribution in [-0.4, -0.2) is 6.47 Å². The van der Waals surface area contributed by atoms with Crippen molar-refractivity contribution in [3.8, 4) is 0 Å². The summed E-state index contributed by atoms with van der Waals surface area (Å²) in [5, 5.41) is 0. The van der Waals surface area contributed by atoms with Gasteiger partial charge in [-0.15, -0.1) is 0 Å². The minimum atomic E-state index is 0.319. The molecule has 1 radical (unpaired) electrons. The van der Waals surface area contributed by atoms with Gasteiger partial charge >= 0.3 is 0 Å². The monoisotopic (exact) mass is 85.0 g/mol. The number of carbonyl (C=O) groups excluding carboxylic acids is 1. The van der Waals surface area contributed by atoms with Crippen LogP contribution >= 0.6 is 0 Å². The molecule has 0 heterocycles. The summed E-state index contributed by atoms with van der Waals surface area (Å²) in [4.78, 5) is 9.26. The van der Waals surface area contributed by atoms with Gasteiger partial charge in [0.1, 0.15) is 0 Å². The van der Waals surface area contributed by atoms with Gasteiger partial charge in [0, 0.05) is 0 Å². The fourth-order valence-corrected chi connectivity index (χ4v) is 0.0958. The van der Waals surface area contributed by atoms with E-state index in [2.05, 4.69) is 11.0 Å². The second kappa shape index (κ2) is 4.21. The molecular formula is C4H5O2. The molecule has 0 aromatic rings. The highest BCUT2D eigenvalue weighted by Gasteiger charge is 1.60. The fraction of sp³-hybridized carbons (Fsp3) is 0.250. The predicted octanol–water partition coefficient (Wildman–Crippen LogP) is 0.496. The minimum absolute atomic E-state index is 0.319. The summed E-state index contributed by atoms with van der Waals surface area (Å²) in [6.07, 6.45) is 3.71. The Kier molecular flexibility index (Phi) is 3.66. The third-order valence-electron chi connectivity index (χ3n) is 0.234. The molecule has 0 fully saturated rings. The second-order valence-electron chi connectivity index (χ2n) is 0.621. The van der Waals surface area contributed by atoms with Crippen LogP contribution in [0.25, 0.3) is 0 Å². The summed E-state index contributed by atoms with van der Waals surface area (Å²) in [5.41, 5.74) is 0. The van der Waals surface area contributed by atoms with Crippen molar-refractivity contribution in [1.82, 2.24) is 0 Å². The van der Waals surface area contributed by atoms with Crippen LogP contribution in [0.5, 0.6) is 0 Å². The normalized spacial score (nSPS) is 8.83. The van der Waals surface area contributed by atoms with Gasteiger partial charge in [-0.3, -0.25) is 4.79 Å². The highest BCUT2D eigenvalue weighted by molar-refractivity contribution is 5.37. The van der Waals surface area contributed by atoms with Gasteiger partial charge in [0.2, 0.25) is 0 Å². The quantitative estimate of drug-likeness (QED) is 0.360. The van der Waals surface area contributed by atoms with Gasteiger partial charge < -0.3 is 4.74 Å². The number of rotatable bonds is 2. The summed E-state index contributed by atoms with van der Waals surface area (Å²) < 4.78 is 4.00. The third kappa shape index (κ3) is 3.21. The molecule has 2 heteroatoms. The van der Waals surface area contributed by atoms with Crippen LogP contribution in [0.2, 0.25) is 0 Å². The number of allylic oxidation sites excluding steroid dienone is 1. The average molecular weight is 85.1 g/mol. The Bertz CT molecular complexity index is 56.6. The summed E-state index contributed by atoms with van der Waals surface area (Å²) in [6.45, 7) is 2.03. The van der Waals surface area contributed by atoms with Crippen LogP contribution < -0.4 is 0 Å². The number of ether oxygens (including phenoxy) is 1. The Hall–Kier alpha value is -0.790. The highest BCUT2D eigenvalue weighted by atomic mass is 16.5. The van der Waals surface area contributed by atoms with Crippen LogP contribution in [0, 0.1) is 6.26 Å². The summed E-state index contributed by atoms with van der Waals surface area (Å²) >= 11 is 0. The molecule has 0 aliphatic rings. The predicted molar refractivity (Wildman–Crippen MR) is 20.6 cm³/mol. The van der Waals surface area contributed by atoms with Gasteiger partial charge in [-0.05, 0) is 13.0 Å². The lowest BCUT2D eigenvalue weighted by molar-refractivity contribution is -0.124. The van der Waals surface area contributed by atoms with Crippen molar-refractivity contribution in [3.63, 3.8) is 0 Å². The lowest BCUT2D eigenvalue weighted by Crippen LogP contribution is -1.70. The summed E-state index contributed by atoms with van der Waals surface area (Å²) in [5.74, 6) is 0. The molecule has 0 atom stereocenters. The van der Waals surface area contributed by atoms with E-state index in [0.29, 0.717) is 6.47 Å². The van der Waals surface area contributed by atoms with Crippen molar-refractivity contribution in [1.29, 1.82) is 0 Å². The molecule has 0 aliphatic heterocycles. The van der Waals surface area contributed by atoms with Gasteiger partial charge in [-0.2, -0.15) is 0 Å². The van der Waals surface area contributed by atoms with E-state index in [1.54, 1.807) is 6.92 Å². The first-order valence-corrected chi connectivity index (χ1v) is 1.54. The summed E-state index contributed by atoms with van der Waals surface area (Å²) in [6, 6.07) is 0. The molecule has 6 heavy (non-hydrogen) atoms. The van der Waals surface area contributed by atoms with E-state index in [1.165, 1.54) is 6.08 Å². The van der Waals surface area contributed by atoms with Gasteiger partial charge in [0.05, 0.1) is 0 Å². The van der Waals surface area contributed by atoms with E-state index < -0.39 is 0 Å². The van der Waals surface area contributed by atoms with Crippen molar-refractivity contribution < 1.29 is 9.53 Å². The Balaban J connectivity index is 2.85. The number of hydrogen-bond donors (Lipinski definition) is 0. The Morgan fingerprint density at radius 3 is 2.67 bits per heavy atom. The molecule has 2 nitrogen and oxygen atoms in total. The lowest BCUT2D eigenvalue weighted by Gasteiger charge is -1.72. The molecule has 0 N–H and O–H groups in total. The van der Waals surface area contributed by atoms with Crippen molar-refractivity contribution in [2.45, 2.75) is 6.92 Å². The molecule has 0 bridgehead atoms. The van der Waals surface area contributed by atoms with Crippen LogP contribution in [0.4, 0.5) is 0 Å². The standard InChI is InChI=1S/C4H5O2/c1-2-3-6-4-5/h2,4H,1H3. The molecule has 0 saturated carbocycles. The van der Waals surface area contributed by atoms with Crippen molar-refractivity contribution in [2.75, 3.05) is 0 Å². The first-order chi connectivity index (χ1) is 2.91. The molecule has 0 spiro atoms. The van der Waals surface area contributed by atoms with Gasteiger partial charge in [-0.1, -0.05) is 0 Å². The van der Waals surface area contributed by atoms with Crippen molar-refractivity contribution in [2.24, 2.45) is 0 Å². The number of hydrogen-bond acceptors (Lipinski definition) is 2. The van der Waals surface area contributed by atoms with Gasteiger partial charge in [0.25, 0.3) is 6.47 Å². The molecule has 0 aliphatic carbocycles. The SMILES string of the molecule is CC=[C]OC=O. The highest BCUT2D eigenvalue weighted by Crippen LogP contribution is 1.63. The van der Waals surface area contributed by atoms with Crippen LogP contribution in [-0.2, 0) is 9.53 Å². The van der Waals surface area contributed by atoms with E-state index in [9.17, 15) is 4.79 Å². The lowest BCUT2D eigenvalue weighted by atomic mass is 10.7. The fourth-order valence-electron chi connectivity index (χ4n) is 0.0958. The minimum Gasteiger partial charge on any atom is -0.425 e. The Labute approximate surface area is 36.4 Å². The smallest absolute Gasteiger partial charge is 0.298 e. The van der Waals surface area contributed by atoms with Crippen molar-refractivity contribution >= 4 is 6.47 Å². The zero-order valence-corrected chi connectivity index (χ0v) is 3.47. The maximum absolute atomic E-state index is 9.26. The van der Waals surface area contributed by atoms with E-state index in [1.807, 2.05) is 0 Å². The molecule has 0 unspecified atom stereocenters. The first kappa shape index (κ1) is 5.21. The van der Waals surface area contributed by atoms with Crippen LogP contribution in [0.3, 0.4) is 0 Å². The molecule has 33 valence electrons. The molecule has 0 amide bonds. The molecule has 0 rings (SSSR count). The van der Waals surface area contributed by atoms with E-state index >= 15 is 0 Å². The molecule has 0 aromatic heterocycles. The summed E-state index contributed by atoms with van der Waals surface area (Å²) in [7, 11) is 0. The molecular weight excluding hydrogens is 80.0 g/mol. The zero-order valence-electron chi connectivity index (χ0n) is 3.47. The molecule has 0 saturated heterocycles. The Morgan fingerprint density at radius 1 is 1.83 bits per heavy atom. The van der Waals surface area contributed by atoms with E-state index in [0.717, 1.165) is 0 Å². The largest absolute Gasteiger partial charge is 0.425 e. The second-order valence-corrected chi connectivity index (χ2v) is 0.621. The topological polar surface area (TPSA) is 26.3 Å². The average Bonchev–Trinajstić information content (AvgIpc) is 1.61. The molecule has 0 aromatic carbocycles. The third-order valence-corrected chi connectivity index (χ3v) is 0.234. The number of carbonyl (C=O) groups is 1. The van der Waals surface area contributed by atoms with E-state index in [4.69, 9.17) is 0 Å². The van der Waals surface area contributed by atoms with Crippen molar-refractivity contribution in [3.05, 3.63) is 12.3 Å². The Morgan fingerprint density at radius 2 is 2.50 bits per heavy atom. The van der Waals surface area contributed by atoms with E-state index in [-0.39, 0.29) is 0 Å². The zero-order chi connectivity index (χ0) is 4.83. The maximum Gasteiger partial charge on any atom is 0.298 e. The first-order valence-electron chi connectivity index (χ1n) is 1.54. The van der Waals surface area contributed by atoms with Gasteiger partial charge in [0.15, 0.2) is 6.26 Å². The maximum atomic E-state index is 9.26. The van der Waals surface area contributed by atoms with Crippen LogP contribution in [0.1, 0.15) is 6.92 Å².